The van der Waals surface area contributed by atoms with Gasteiger partial charge in [-0.25, -0.2) is 0 Å². The summed E-state index contributed by atoms with van der Waals surface area (Å²) in [5.74, 6) is 1.38. The fourth-order valence-electron chi connectivity index (χ4n) is 1.77. The Morgan fingerprint density at radius 2 is 2.26 bits per heavy atom. The third-order valence-electron chi connectivity index (χ3n) is 2.68. The molecule has 19 heavy (non-hydrogen) atoms. The van der Waals surface area contributed by atoms with Crippen molar-refractivity contribution in [1.82, 2.24) is 9.97 Å². The van der Waals surface area contributed by atoms with E-state index in [0.717, 1.165) is 10.6 Å². The summed E-state index contributed by atoms with van der Waals surface area (Å²) in [6.45, 7) is 0. The van der Waals surface area contributed by atoms with Crippen molar-refractivity contribution in [3.8, 4) is 11.6 Å². The second-order valence-electron chi connectivity index (χ2n) is 3.95. The zero-order chi connectivity index (χ0) is 13.4. The number of thioether (sulfide) groups is 1. The average molecular weight is 341 g/mol. The minimum atomic E-state index is -0.421. The third kappa shape index (κ3) is 2.35. The molecule has 0 saturated carbocycles. The molecule has 1 aromatic heterocycles. The number of hydrogen-bond acceptors (Lipinski definition) is 5. The van der Waals surface area contributed by atoms with Crippen LogP contribution in [0.5, 0.6) is 11.6 Å². The van der Waals surface area contributed by atoms with Gasteiger partial charge in [0.25, 0.3) is 5.56 Å². The normalized spacial score (nSPS) is 17.6. The maximum absolute atomic E-state index is 11.6. The molecule has 5 nitrogen and oxygen atoms in total. The van der Waals surface area contributed by atoms with Gasteiger partial charge in [-0.1, -0.05) is 12.1 Å². The fraction of sp³-hybridized carbons (Fsp3) is 0.167. The highest BCUT2D eigenvalue weighted by molar-refractivity contribution is 9.10. The second-order valence-corrected chi connectivity index (χ2v) is 5.81. The van der Waals surface area contributed by atoms with Gasteiger partial charge in [0.15, 0.2) is 11.9 Å². The molecule has 0 amide bonds. The quantitative estimate of drug-likeness (QED) is 0.833. The lowest BCUT2D eigenvalue weighted by molar-refractivity contribution is 0.208. The lowest BCUT2D eigenvalue weighted by Gasteiger charge is -2.24. The topological polar surface area (TPSA) is 75.2 Å². The molecule has 0 fully saturated rings. The van der Waals surface area contributed by atoms with Crippen LogP contribution in [0, 0.1) is 0 Å². The first-order valence-electron chi connectivity index (χ1n) is 5.52. The Morgan fingerprint density at radius 1 is 1.47 bits per heavy atom. The number of aromatic hydroxyl groups is 1. The maximum atomic E-state index is 11.6. The van der Waals surface area contributed by atoms with Crippen molar-refractivity contribution in [2.24, 2.45) is 0 Å². The smallest absolute Gasteiger partial charge is 0.269 e. The molecule has 1 aromatic carbocycles. The Balaban J connectivity index is 1.95. The van der Waals surface area contributed by atoms with Crippen LogP contribution in [-0.4, -0.2) is 20.8 Å². The molecule has 0 aliphatic carbocycles. The molecule has 3 rings (SSSR count). The SMILES string of the molecule is O=c1[nH]c(C2CSc3ccccc3O2)nc(O)c1Br. The summed E-state index contributed by atoms with van der Waals surface area (Å²) >= 11 is 4.59. The molecule has 2 aromatic rings. The van der Waals surface area contributed by atoms with Gasteiger partial charge in [-0.2, -0.15) is 4.98 Å². The fourth-order valence-corrected chi connectivity index (χ4v) is 2.95. The van der Waals surface area contributed by atoms with Gasteiger partial charge in [0.2, 0.25) is 5.88 Å². The number of H-pyrrole nitrogens is 1. The van der Waals surface area contributed by atoms with E-state index < -0.39 is 5.56 Å². The van der Waals surface area contributed by atoms with Gasteiger partial charge in [-0.05, 0) is 28.1 Å². The average Bonchev–Trinajstić information content (AvgIpc) is 2.43. The number of fused-ring (bicyclic) bond motifs is 1. The molecular formula is C12H9BrN2O3S. The van der Waals surface area contributed by atoms with E-state index in [0.29, 0.717) is 11.6 Å². The van der Waals surface area contributed by atoms with E-state index in [-0.39, 0.29) is 16.5 Å². The molecule has 0 bridgehead atoms. The van der Waals surface area contributed by atoms with Crippen molar-refractivity contribution in [3.63, 3.8) is 0 Å². The van der Waals surface area contributed by atoms with E-state index in [1.807, 2.05) is 24.3 Å². The van der Waals surface area contributed by atoms with Gasteiger partial charge >= 0.3 is 0 Å². The summed E-state index contributed by atoms with van der Waals surface area (Å²) < 4.78 is 5.82. The Labute approximate surface area is 121 Å². The van der Waals surface area contributed by atoms with Crippen LogP contribution in [0.25, 0.3) is 0 Å². The van der Waals surface area contributed by atoms with Crippen molar-refractivity contribution in [2.75, 3.05) is 5.75 Å². The molecule has 1 aliphatic rings. The number of nitrogens with zero attached hydrogens (tertiary/aromatic N) is 1. The minimum Gasteiger partial charge on any atom is -0.492 e. The van der Waals surface area contributed by atoms with Crippen LogP contribution < -0.4 is 10.3 Å². The molecule has 0 spiro atoms. The van der Waals surface area contributed by atoms with Gasteiger partial charge in [0, 0.05) is 10.6 Å². The molecule has 2 heterocycles. The minimum absolute atomic E-state index is 0.0279. The number of rotatable bonds is 1. The molecule has 1 unspecified atom stereocenters. The monoisotopic (exact) mass is 340 g/mol. The van der Waals surface area contributed by atoms with E-state index in [1.54, 1.807) is 11.8 Å². The summed E-state index contributed by atoms with van der Waals surface area (Å²) in [6, 6.07) is 7.68. The van der Waals surface area contributed by atoms with Crippen molar-refractivity contribution >= 4 is 27.7 Å². The van der Waals surface area contributed by atoms with E-state index >= 15 is 0 Å². The lowest BCUT2D eigenvalue weighted by atomic mass is 10.3. The predicted molar refractivity (Wildman–Crippen MR) is 74.8 cm³/mol. The first kappa shape index (κ1) is 12.6. The predicted octanol–water partition coefficient (Wildman–Crippen LogP) is 2.46. The van der Waals surface area contributed by atoms with Crippen LogP contribution in [-0.2, 0) is 0 Å². The van der Waals surface area contributed by atoms with Gasteiger partial charge in [-0.15, -0.1) is 11.8 Å². The first-order valence-corrected chi connectivity index (χ1v) is 7.30. The third-order valence-corrected chi connectivity index (χ3v) is 4.51. The zero-order valence-corrected chi connectivity index (χ0v) is 12.0. The molecule has 0 saturated heterocycles. The first-order chi connectivity index (χ1) is 9.15. The summed E-state index contributed by atoms with van der Waals surface area (Å²) in [6.07, 6.45) is -0.383. The van der Waals surface area contributed by atoms with E-state index in [9.17, 15) is 9.90 Å². The summed E-state index contributed by atoms with van der Waals surface area (Å²) in [7, 11) is 0. The second kappa shape index (κ2) is 4.90. The number of aromatic nitrogens is 2. The van der Waals surface area contributed by atoms with Crippen LogP contribution in [0.15, 0.2) is 38.4 Å². The number of hydrogen-bond donors (Lipinski definition) is 2. The van der Waals surface area contributed by atoms with Gasteiger partial charge < -0.3 is 14.8 Å². The van der Waals surface area contributed by atoms with Crippen molar-refractivity contribution in [2.45, 2.75) is 11.0 Å². The van der Waals surface area contributed by atoms with E-state index in [4.69, 9.17) is 4.74 Å². The lowest BCUT2D eigenvalue weighted by Crippen LogP contribution is -2.22. The molecular weight excluding hydrogens is 332 g/mol. The Kier molecular flexibility index (Phi) is 3.24. The van der Waals surface area contributed by atoms with Crippen LogP contribution in [0.4, 0.5) is 0 Å². The summed E-state index contributed by atoms with van der Waals surface area (Å²) in [4.78, 5) is 19.2. The van der Waals surface area contributed by atoms with Crippen molar-refractivity contribution in [3.05, 3.63) is 44.9 Å². The van der Waals surface area contributed by atoms with Crippen molar-refractivity contribution in [1.29, 1.82) is 0 Å². The van der Waals surface area contributed by atoms with Gasteiger partial charge in [0.05, 0.1) is 0 Å². The summed E-state index contributed by atoms with van der Waals surface area (Å²) in [5, 5.41) is 9.57. The standard InChI is InChI=1S/C12H9BrN2O3S/c13-9-11(16)14-10(15-12(9)17)7-5-19-8-4-2-1-3-6(8)18-7/h1-4,7H,5H2,(H2,14,15,16,17). The van der Waals surface area contributed by atoms with Crippen LogP contribution in [0.1, 0.15) is 11.9 Å². The molecule has 98 valence electrons. The van der Waals surface area contributed by atoms with Crippen LogP contribution >= 0.6 is 27.7 Å². The zero-order valence-electron chi connectivity index (χ0n) is 9.59. The van der Waals surface area contributed by atoms with Gasteiger partial charge in [-0.3, -0.25) is 4.79 Å². The van der Waals surface area contributed by atoms with Crippen LogP contribution in [0.2, 0.25) is 0 Å². The number of halogens is 1. The molecule has 1 aliphatic heterocycles. The molecule has 1 atom stereocenters. The maximum Gasteiger partial charge on any atom is 0.269 e. The Bertz CT molecular complexity index is 689. The van der Waals surface area contributed by atoms with Gasteiger partial charge in [0.1, 0.15) is 10.2 Å². The van der Waals surface area contributed by atoms with E-state index in [1.165, 1.54) is 0 Å². The molecule has 2 N–H and O–H groups in total. The molecule has 7 heteroatoms. The highest BCUT2D eigenvalue weighted by atomic mass is 79.9. The van der Waals surface area contributed by atoms with E-state index in [2.05, 4.69) is 25.9 Å². The Hall–Kier alpha value is -1.47. The largest absolute Gasteiger partial charge is 0.492 e. The highest BCUT2D eigenvalue weighted by Crippen LogP contribution is 2.39. The van der Waals surface area contributed by atoms with Crippen molar-refractivity contribution < 1.29 is 9.84 Å². The summed E-state index contributed by atoms with van der Waals surface area (Å²) in [5.41, 5.74) is -0.421. The number of ether oxygens (including phenoxy) is 1. The number of benzene rings is 1. The highest BCUT2D eigenvalue weighted by Gasteiger charge is 2.24. The number of para-hydroxylation sites is 1. The molecule has 0 radical (unpaired) electrons. The Morgan fingerprint density at radius 3 is 3.05 bits per heavy atom. The number of aromatic amines is 1. The number of nitrogens with one attached hydrogen (secondary N) is 1. The van der Waals surface area contributed by atoms with Crippen LogP contribution in [0.3, 0.4) is 0 Å².